The third-order valence-electron chi connectivity index (χ3n) is 3.29. The summed E-state index contributed by atoms with van der Waals surface area (Å²) >= 11 is 6.13. The van der Waals surface area contributed by atoms with Gasteiger partial charge >= 0.3 is 0 Å². The van der Waals surface area contributed by atoms with Gasteiger partial charge in [-0.05, 0) is 31.4 Å². The Morgan fingerprint density at radius 2 is 2.15 bits per heavy atom. The van der Waals surface area contributed by atoms with E-state index in [1.165, 1.54) is 13.2 Å². The minimum atomic E-state index is -0.440. The monoisotopic (exact) mass is 293 g/mol. The maximum Gasteiger partial charge on any atom is 0.228 e. The number of hydrogen-bond donors (Lipinski definition) is 1. The molecule has 1 aromatic heterocycles. The number of anilines is 2. The van der Waals surface area contributed by atoms with Gasteiger partial charge in [-0.15, -0.1) is 0 Å². The Balaban J connectivity index is 1.88. The van der Waals surface area contributed by atoms with E-state index in [1.807, 2.05) is 0 Å². The first-order chi connectivity index (χ1) is 9.67. The van der Waals surface area contributed by atoms with Crippen LogP contribution in [0.3, 0.4) is 0 Å². The average molecular weight is 294 g/mol. The molecule has 0 fully saturated rings. The summed E-state index contributed by atoms with van der Waals surface area (Å²) in [5.41, 5.74) is 2.55. The van der Waals surface area contributed by atoms with Gasteiger partial charge in [0.25, 0.3) is 0 Å². The quantitative estimate of drug-likeness (QED) is 0.880. The van der Waals surface area contributed by atoms with E-state index in [-0.39, 0.29) is 5.75 Å². The molecule has 3 rings (SSSR count). The third-order valence-corrected chi connectivity index (χ3v) is 3.60. The van der Waals surface area contributed by atoms with Crippen molar-refractivity contribution in [2.75, 3.05) is 12.4 Å². The highest BCUT2D eigenvalue weighted by atomic mass is 35.5. The molecule has 0 saturated carbocycles. The van der Waals surface area contributed by atoms with E-state index in [9.17, 15) is 4.39 Å². The third kappa shape index (κ3) is 2.41. The van der Waals surface area contributed by atoms with Crippen LogP contribution in [0.15, 0.2) is 18.2 Å². The molecule has 0 atom stereocenters. The number of nitrogens with zero attached hydrogens (tertiary/aromatic N) is 2. The summed E-state index contributed by atoms with van der Waals surface area (Å²) in [6.07, 6.45) is 2.87. The Kier molecular flexibility index (Phi) is 3.44. The molecule has 6 heteroatoms. The van der Waals surface area contributed by atoms with Gasteiger partial charge in [-0.3, -0.25) is 0 Å². The molecule has 1 heterocycles. The standard InChI is InChI=1S/C14H13ClFN3O/c1-20-12-6-5-8(7-10(12)16)17-14-18-11-4-2-3-9(11)13(15)19-14/h5-7H,2-4H2,1H3,(H,17,18,19). The molecule has 0 amide bonds. The lowest BCUT2D eigenvalue weighted by atomic mass is 10.2. The minimum Gasteiger partial charge on any atom is -0.494 e. The van der Waals surface area contributed by atoms with Crippen LogP contribution in [0, 0.1) is 5.82 Å². The predicted molar refractivity (Wildman–Crippen MR) is 75.3 cm³/mol. The Hall–Kier alpha value is -1.88. The molecule has 2 aromatic rings. The first kappa shape index (κ1) is 13.1. The van der Waals surface area contributed by atoms with Gasteiger partial charge in [0.15, 0.2) is 11.6 Å². The fourth-order valence-corrected chi connectivity index (χ4v) is 2.60. The van der Waals surface area contributed by atoms with E-state index < -0.39 is 5.82 Å². The number of halogens is 2. The molecule has 1 aliphatic rings. The fraction of sp³-hybridized carbons (Fsp3) is 0.286. The fourth-order valence-electron chi connectivity index (χ4n) is 2.32. The van der Waals surface area contributed by atoms with Crippen molar-refractivity contribution in [3.8, 4) is 5.75 Å². The minimum absolute atomic E-state index is 0.198. The van der Waals surface area contributed by atoms with Crippen LogP contribution in [-0.4, -0.2) is 17.1 Å². The molecule has 1 aromatic carbocycles. The smallest absolute Gasteiger partial charge is 0.228 e. The zero-order chi connectivity index (χ0) is 14.1. The van der Waals surface area contributed by atoms with E-state index in [4.69, 9.17) is 16.3 Å². The van der Waals surface area contributed by atoms with Gasteiger partial charge in [-0.1, -0.05) is 11.6 Å². The molecule has 0 unspecified atom stereocenters. The van der Waals surface area contributed by atoms with Crippen molar-refractivity contribution in [3.05, 3.63) is 40.4 Å². The number of hydrogen-bond acceptors (Lipinski definition) is 4. The van der Waals surface area contributed by atoms with Crippen LogP contribution in [0.25, 0.3) is 0 Å². The average Bonchev–Trinajstić information content (AvgIpc) is 2.88. The summed E-state index contributed by atoms with van der Waals surface area (Å²) < 4.78 is 18.5. The van der Waals surface area contributed by atoms with Crippen molar-refractivity contribution in [3.63, 3.8) is 0 Å². The van der Waals surface area contributed by atoms with Crippen LogP contribution in [0.5, 0.6) is 5.75 Å². The summed E-state index contributed by atoms with van der Waals surface area (Å²) in [4.78, 5) is 8.62. The summed E-state index contributed by atoms with van der Waals surface area (Å²) in [5, 5.41) is 3.44. The normalized spacial score (nSPS) is 13.2. The summed E-state index contributed by atoms with van der Waals surface area (Å²) in [6.45, 7) is 0. The molecule has 104 valence electrons. The SMILES string of the molecule is COc1ccc(Nc2nc(Cl)c3c(n2)CCC3)cc1F. The van der Waals surface area contributed by atoms with Crippen LogP contribution in [0.2, 0.25) is 5.15 Å². The van der Waals surface area contributed by atoms with Gasteiger partial charge in [0, 0.05) is 17.3 Å². The maximum absolute atomic E-state index is 13.6. The van der Waals surface area contributed by atoms with Gasteiger partial charge in [0.2, 0.25) is 5.95 Å². The Morgan fingerprint density at radius 3 is 2.90 bits per heavy atom. The van der Waals surface area contributed by atoms with Crippen LogP contribution in [-0.2, 0) is 12.8 Å². The van der Waals surface area contributed by atoms with Crippen molar-refractivity contribution >= 4 is 23.2 Å². The zero-order valence-electron chi connectivity index (χ0n) is 10.9. The lowest BCUT2D eigenvalue weighted by Gasteiger charge is -2.09. The Morgan fingerprint density at radius 1 is 1.30 bits per heavy atom. The lowest BCUT2D eigenvalue weighted by Crippen LogP contribution is -2.02. The number of aryl methyl sites for hydroxylation is 1. The molecule has 1 N–H and O–H groups in total. The topological polar surface area (TPSA) is 47.0 Å². The van der Waals surface area contributed by atoms with Crippen molar-refractivity contribution in [1.29, 1.82) is 0 Å². The van der Waals surface area contributed by atoms with E-state index in [0.29, 0.717) is 16.8 Å². The summed E-state index contributed by atoms with van der Waals surface area (Å²) in [7, 11) is 1.43. The number of benzene rings is 1. The van der Waals surface area contributed by atoms with Crippen molar-refractivity contribution in [1.82, 2.24) is 9.97 Å². The molecular formula is C14H13ClFN3O. The number of rotatable bonds is 3. The molecule has 20 heavy (non-hydrogen) atoms. The van der Waals surface area contributed by atoms with E-state index in [2.05, 4.69) is 15.3 Å². The highest BCUT2D eigenvalue weighted by Gasteiger charge is 2.18. The number of ether oxygens (including phenoxy) is 1. The molecule has 1 aliphatic carbocycles. The van der Waals surface area contributed by atoms with E-state index in [1.54, 1.807) is 12.1 Å². The van der Waals surface area contributed by atoms with Crippen LogP contribution < -0.4 is 10.1 Å². The van der Waals surface area contributed by atoms with Crippen molar-refractivity contribution in [2.24, 2.45) is 0 Å². The van der Waals surface area contributed by atoms with Gasteiger partial charge in [-0.2, -0.15) is 0 Å². The highest BCUT2D eigenvalue weighted by molar-refractivity contribution is 6.30. The molecule has 0 spiro atoms. The molecule has 0 radical (unpaired) electrons. The first-order valence-corrected chi connectivity index (χ1v) is 6.71. The van der Waals surface area contributed by atoms with Gasteiger partial charge < -0.3 is 10.1 Å². The largest absolute Gasteiger partial charge is 0.494 e. The molecule has 0 bridgehead atoms. The molecule has 4 nitrogen and oxygen atoms in total. The molecule has 0 aliphatic heterocycles. The maximum atomic E-state index is 13.6. The summed E-state index contributed by atoms with van der Waals surface area (Å²) in [5.74, 6) is 0.147. The molecule has 0 saturated heterocycles. The van der Waals surface area contributed by atoms with Crippen molar-refractivity contribution in [2.45, 2.75) is 19.3 Å². The molecular weight excluding hydrogens is 281 g/mol. The second-order valence-corrected chi connectivity index (χ2v) is 4.95. The number of fused-ring (bicyclic) bond motifs is 1. The number of methoxy groups -OCH3 is 1. The lowest BCUT2D eigenvalue weighted by molar-refractivity contribution is 0.386. The number of nitrogens with one attached hydrogen (secondary N) is 1. The Labute approximate surface area is 121 Å². The second-order valence-electron chi connectivity index (χ2n) is 4.59. The van der Waals surface area contributed by atoms with Gasteiger partial charge in [0.1, 0.15) is 5.15 Å². The van der Waals surface area contributed by atoms with Crippen LogP contribution in [0.1, 0.15) is 17.7 Å². The van der Waals surface area contributed by atoms with Gasteiger partial charge in [-0.25, -0.2) is 14.4 Å². The van der Waals surface area contributed by atoms with Crippen LogP contribution in [0.4, 0.5) is 16.0 Å². The van der Waals surface area contributed by atoms with E-state index >= 15 is 0 Å². The van der Waals surface area contributed by atoms with E-state index in [0.717, 1.165) is 30.5 Å². The highest BCUT2D eigenvalue weighted by Crippen LogP contribution is 2.28. The summed E-state index contributed by atoms with van der Waals surface area (Å²) in [6, 6.07) is 4.59. The second kappa shape index (κ2) is 5.25. The van der Waals surface area contributed by atoms with Crippen LogP contribution >= 0.6 is 11.6 Å². The number of aromatic nitrogens is 2. The van der Waals surface area contributed by atoms with Crippen molar-refractivity contribution < 1.29 is 9.13 Å². The zero-order valence-corrected chi connectivity index (χ0v) is 11.7. The Bertz CT molecular complexity index is 663. The predicted octanol–water partition coefficient (Wildman–Crippen LogP) is 3.51. The first-order valence-electron chi connectivity index (χ1n) is 6.33. The van der Waals surface area contributed by atoms with Gasteiger partial charge in [0.05, 0.1) is 12.8 Å².